The summed E-state index contributed by atoms with van der Waals surface area (Å²) in [6, 6.07) is 0. The summed E-state index contributed by atoms with van der Waals surface area (Å²) in [4.78, 5) is 10.4. The van der Waals surface area contributed by atoms with Gasteiger partial charge in [-0.1, -0.05) is 18.2 Å². The van der Waals surface area contributed by atoms with Crippen molar-refractivity contribution in [3.05, 3.63) is 49.6 Å². The van der Waals surface area contributed by atoms with Crippen LogP contribution in [0, 0.1) is 5.41 Å². The first kappa shape index (κ1) is 11.4. The van der Waals surface area contributed by atoms with Crippen LogP contribution in [0.5, 0.6) is 0 Å². The molecule has 1 N–H and O–H groups in total. The first-order valence-corrected chi connectivity index (χ1v) is 3.85. The summed E-state index contributed by atoms with van der Waals surface area (Å²) < 4.78 is 0. The monoisotopic (exact) mass is 178 g/mol. The average molecular weight is 178 g/mol. The summed E-state index contributed by atoms with van der Waals surface area (Å²) in [7, 11) is 0. The number of carbonyl (C=O) groups is 1. The van der Waals surface area contributed by atoms with Crippen LogP contribution in [0.2, 0.25) is 0 Å². The molecule has 0 aromatic heterocycles. The molecule has 0 aliphatic heterocycles. The Morgan fingerprint density at radius 2 is 1.62 bits per heavy atom. The van der Waals surface area contributed by atoms with Gasteiger partial charge in [0.1, 0.15) is 0 Å². The van der Waals surface area contributed by atoms with E-state index in [-0.39, 0.29) is 0 Å². The highest BCUT2D eigenvalue weighted by atomic mass is 16.4. The molecule has 0 bridgehead atoms. The smallest absolute Gasteiger partial charge is 0.328 e. The van der Waals surface area contributed by atoms with Gasteiger partial charge < -0.3 is 5.11 Å². The van der Waals surface area contributed by atoms with E-state index >= 15 is 0 Å². The fourth-order valence-corrected chi connectivity index (χ4v) is 1.04. The van der Waals surface area contributed by atoms with Gasteiger partial charge >= 0.3 is 5.97 Å². The molecule has 0 aromatic rings. The van der Waals surface area contributed by atoms with E-state index in [4.69, 9.17) is 5.11 Å². The van der Waals surface area contributed by atoms with Crippen molar-refractivity contribution in [1.29, 1.82) is 0 Å². The summed E-state index contributed by atoms with van der Waals surface area (Å²) in [6.45, 7) is 12.6. The van der Waals surface area contributed by atoms with Crippen molar-refractivity contribution >= 4 is 5.97 Å². The maximum absolute atomic E-state index is 10.4. The van der Waals surface area contributed by atoms with Crippen LogP contribution in [0.1, 0.15) is 6.92 Å². The fourth-order valence-electron chi connectivity index (χ4n) is 1.04. The molecule has 0 atom stereocenters. The molecule has 13 heavy (non-hydrogen) atoms. The molecule has 0 aliphatic carbocycles. The predicted molar refractivity (Wildman–Crippen MR) is 54.4 cm³/mol. The van der Waals surface area contributed by atoms with Gasteiger partial charge in [-0.05, 0) is 12.5 Å². The van der Waals surface area contributed by atoms with Crippen molar-refractivity contribution < 1.29 is 9.90 Å². The Kier molecular flexibility index (Phi) is 3.92. The van der Waals surface area contributed by atoms with Gasteiger partial charge in [0.2, 0.25) is 0 Å². The van der Waals surface area contributed by atoms with Crippen molar-refractivity contribution in [3.8, 4) is 0 Å². The third-order valence-corrected chi connectivity index (χ3v) is 2.04. The Balaban J connectivity index is 5.17. The Labute approximate surface area is 78.6 Å². The standard InChI is InChI=1S/C11H14O2/c1-5-11(6-2,7-3)9(4)8-10(12)13/h5-8H,1-3H2,4H3,(H,12,13). The summed E-state index contributed by atoms with van der Waals surface area (Å²) in [5, 5.41) is 8.55. The molecule has 0 radical (unpaired) electrons. The van der Waals surface area contributed by atoms with Crippen LogP contribution in [0.25, 0.3) is 0 Å². The highest BCUT2D eigenvalue weighted by molar-refractivity contribution is 5.81. The Hall–Kier alpha value is -1.57. The normalized spacial score (nSPS) is 11.9. The maximum Gasteiger partial charge on any atom is 0.328 e. The van der Waals surface area contributed by atoms with Gasteiger partial charge in [0.15, 0.2) is 0 Å². The largest absolute Gasteiger partial charge is 0.478 e. The van der Waals surface area contributed by atoms with E-state index in [1.54, 1.807) is 25.2 Å². The van der Waals surface area contributed by atoms with Crippen LogP contribution < -0.4 is 0 Å². The molecule has 0 heterocycles. The minimum Gasteiger partial charge on any atom is -0.478 e. The van der Waals surface area contributed by atoms with Crippen LogP contribution in [0.4, 0.5) is 0 Å². The maximum atomic E-state index is 10.4. The topological polar surface area (TPSA) is 37.3 Å². The first-order valence-electron chi connectivity index (χ1n) is 3.85. The third-order valence-electron chi connectivity index (χ3n) is 2.04. The van der Waals surface area contributed by atoms with Gasteiger partial charge in [-0.2, -0.15) is 0 Å². The Morgan fingerprint density at radius 3 is 1.85 bits per heavy atom. The van der Waals surface area contributed by atoms with Crippen LogP contribution in [-0.4, -0.2) is 11.1 Å². The van der Waals surface area contributed by atoms with Gasteiger partial charge in [0.25, 0.3) is 0 Å². The molecular formula is C11H14O2. The number of allylic oxidation sites excluding steroid dienone is 4. The number of rotatable bonds is 5. The van der Waals surface area contributed by atoms with Crippen molar-refractivity contribution in [1.82, 2.24) is 0 Å². The number of aliphatic carboxylic acids is 1. The lowest BCUT2D eigenvalue weighted by atomic mass is 9.81. The zero-order chi connectivity index (χ0) is 10.5. The first-order chi connectivity index (χ1) is 6.02. The molecule has 0 spiro atoms. The Morgan fingerprint density at radius 1 is 1.23 bits per heavy atom. The second kappa shape index (κ2) is 4.45. The SMILES string of the molecule is C=CC(C=C)(C=C)C(C)=CC(=O)O. The number of hydrogen-bond donors (Lipinski definition) is 1. The van der Waals surface area contributed by atoms with Crippen LogP contribution >= 0.6 is 0 Å². The van der Waals surface area contributed by atoms with Crippen molar-refractivity contribution in [2.24, 2.45) is 5.41 Å². The summed E-state index contributed by atoms with van der Waals surface area (Å²) >= 11 is 0. The fraction of sp³-hybridized carbons (Fsp3) is 0.182. The van der Waals surface area contributed by atoms with E-state index < -0.39 is 11.4 Å². The number of carboxylic acid groups (broad SMARTS) is 1. The van der Waals surface area contributed by atoms with E-state index in [0.29, 0.717) is 5.57 Å². The van der Waals surface area contributed by atoms with Crippen LogP contribution in [0.3, 0.4) is 0 Å². The van der Waals surface area contributed by atoms with E-state index in [2.05, 4.69) is 19.7 Å². The van der Waals surface area contributed by atoms with E-state index in [1.807, 2.05) is 0 Å². The average Bonchev–Trinajstić information content (AvgIpc) is 2.07. The molecule has 0 amide bonds. The summed E-state index contributed by atoms with van der Waals surface area (Å²) in [5.74, 6) is -0.979. The molecule has 2 nitrogen and oxygen atoms in total. The lowest BCUT2D eigenvalue weighted by Gasteiger charge is -2.22. The number of hydrogen-bond acceptors (Lipinski definition) is 1. The van der Waals surface area contributed by atoms with Crippen LogP contribution in [-0.2, 0) is 4.79 Å². The zero-order valence-corrected chi connectivity index (χ0v) is 7.79. The summed E-state index contributed by atoms with van der Waals surface area (Å²) in [6.07, 6.45) is 5.97. The van der Waals surface area contributed by atoms with E-state index in [0.717, 1.165) is 6.08 Å². The molecule has 0 saturated carbocycles. The molecule has 0 aromatic carbocycles. The molecule has 0 saturated heterocycles. The predicted octanol–water partition coefficient (Wildman–Crippen LogP) is 2.56. The van der Waals surface area contributed by atoms with E-state index in [1.165, 1.54) is 0 Å². The summed E-state index contributed by atoms with van der Waals surface area (Å²) in [5.41, 5.74) is 0.0262. The molecular weight excluding hydrogens is 164 g/mol. The quantitative estimate of drug-likeness (QED) is 0.519. The van der Waals surface area contributed by atoms with E-state index in [9.17, 15) is 4.79 Å². The molecule has 0 fully saturated rings. The lowest BCUT2D eigenvalue weighted by Crippen LogP contribution is -2.13. The molecule has 0 rings (SSSR count). The van der Waals surface area contributed by atoms with Gasteiger partial charge in [0.05, 0.1) is 0 Å². The second-order valence-corrected chi connectivity index (χ2v) is 2.71. The molecule has 0 unspecified atom stereocenters. The lowest BCUT2D eigenvalue weighted by molar-refractivity contribution is -0.131. The molecule has 0 aliphatic rings. The van der Waals surface area contributed by atoms with Gasteiger partial charge in [-0.25, -0.2) is 4.79 Å². The molecule has 2 heteroatoms. The highest BCUT2D eigenvalue weighted by Gasteiger charge is 2.20. The van der Waals surface area contributed by atoms with Gasteiger partial charge in [-0.3, -0.25) is 0 Å². The molecule has 70 valence electrons. The minimum atomic E-state index is -0.979. The second-order valence-electron chi connectivity index (χ2n) is 2.71. The van der Waals surface area contributed by atoms with Crippen molar-refractivity contribution in [2.45, 2.75) is 6.92 Å². The van der Waals surface area contributed by atoms with Crippen LogP contribution in [0.15, 0.2) is 49.6 Å². The Bertz CT molecular complexity index is 250. The third kappa shape index (κ3) is 2.44. The highest BCUT2D eigenvalue weighted by Crippen LogP contribution is 2.30. The van der Waals surface area contributed by atoms with Gasteiger partial charge in [-0.15, -0.1) is 19.7 Å². The van der Waals surface area contributed by atoms with Crippen molar-refractivity contribution in [2.75, 3.05) is 0 Å². The van der Waals surface area contributed by atoms with Gasteiger partial charge in [0, 0.05) is 11.5 Å². The minimum absolute atomic E-state index is 0.613. The number of carboxylic acids is 1. The zero-order valence-electron chi connectivity index (χ0n) is 7.79. The van der Waals surface area contributed by atoms with Crippen molar-refractivity contribution in [3.63, 3.8) is 0 Å².